The van der Waals surface area contributed by atoms with E-state index in [2.05, 4.69) is 0 Å². The van der Waals surface area contributed by atoms with Crippen LogP contribution in [0.4, 0.5) is 0 Å². The third-order valence-corrected chi connectivity index (χ3v) is 4.41. The van der Waals surface area contributed by atoms with Gasteiger partial charge in [0.15, 0.2) is 23.1 Å². The molecule has 24 heavy (non-hydrogen) atoms. The maximum Gasteiger partial charge on any atom is 0.204 e. The number of allylic oxidation sites excluding steroid dienone is 1. The van der Waals surface area contributed by atoms with E-state index in [0.29, 0.717) is 0 Å². The third-order valence-electron chi connectivity index (χ3n) is 4.41. The van der Waals surface area contributed by atoms with Crippen molar-refractivity contribution < 1.29 is 34.0 Å². The number of carbonyl (C=O) groups is 2. The second kappa shape index (κ2) is 5.83. The van der Waals surface area contributed by atoms with Crippen molar-refractivity contribution in [2.75, 3.05) is 14.2 Å². The predicted octanol–water partition coefficient (Wildman–Crippen LogP) is 1.39. The molecule has 1 heterocycles. The molecule has 0 saturated heterocycles. The predicted molar refractivity (Wildman–Crippen MR) is 82.9 cm³/mol. The SMILES string of the molecule is COc1cc2c(c(O)c1OC)C(=O)CC([C@]1(O)C=CC(=O)CC1)O2. The van der Waals surface area contributed by atoms with Crippen molar-refractivity contribution in [2.45, 2.75) is 31.0 Å². The first kappa shape index (κ1) is 16.3. The van der Waals surface area contributed by atoms with Crippen molar-refractivity contribution in [3.8, 4) is 23.0 Å². The van der Waals surface area contributed by atoms with Crippen molar-refractivity contribution in [2.24, 2.45) is 0 Å². The normalized spacial score (nSPS) is 25.9. The topological polar surface area (TPSA) is 102 Å². The van der Waals surface area contributed by atoms with Crippen LogP contribution >= 0.6 is 0 Å². The molecule has 7 heteroatoms. The Morgan fingerprint density at radius 3 is 2.62 bits per heavy atom. The van der Waals surface area contributed by atoms with E-state index in [9.17, 15) is 19.8 Å². The molecule has 0 fully saturated rings. The van der Waals surface area contributed by atoms with E-state index < -0.39 is 11.7 Å². The summed E-state index contributed by atoms with van der Waals surface area (Å²) in [6.45, 7) is 0. The molecular weight excluding hydrogens is 316 g/mol. The second-order valence-corrected chi connectivity index (χ2v) is 5.86. The fourth-order valence-electron chi connectivity index (χ4n) is 3.05. The van der Waals surface area contributed by atoms with E-state index in [0.717, 1.165) is 0 Å². The number of hydrogen-bond acceptors (Lipinski definition) is 7. The lowest BCUT2D eigenvalue weighted by Crippen LogP contribution is -2.48. The number of carbonyl (C=O) groups excluding carboxylic acids is 2. The number of ether oxygens (including phenoxy) is 3. The molecule has 0 aromatic heterocycles. The van der Waals surface area contributed by atoms with Gasteiger partial charge < -0.3 is 24.4 Å². The van der Waals surface area contributed by atoms with Crippen molar-refractivity contribution in [3.63, 3.8) is 0 Å². The summed E-state index contributed by atoms with van der Waals surface area (Å²) < 4.78 is 16.0. The van der Waals surface area contributed by atoms with Gasteiger partial charge in [-0.05, 0) is 18.6 Å². The van der Waals surface area contributed by atoms with Crippen LogP contribution in [0.1, 0.15) is 29.6 Å². The number of hydrogen-bond donors (Lipinski definition) is 2. The minimum atomic E-state index is -1.41. The lowest BCUT2D eigenvalue weighted by atomic mass is 9.81. The molecule has 0 bridgehead atoms. The van der Waals surface area contributed by atoms with Crippen molar-refractivity contribution in [3.05, 3.63) is 23.8 Å². The number of Topliss-reactive ketones (excluding diaryl/α,β-unsaturated/α-hetero) is 1. The molecule has 0 radical (unpaired) electrons. The molecule has 2 aliphatic rings. The highest BCUT2D eigenvalue weighted by molar-refractivity contribution is 6.04. The van der Waals surface area contributed by atoms with E-state index >= 15 is 0 Å². The number of phenolic OH excluding ortho intramolecular Hbond substituents is 1. The van der Waals surface area contributed by atoms with Crippen molar-refractivity contribution >= 4 is 11.6 Å². The van der Waals surface area contributed by atoms with Gasteiger partial charge in [0.1, 0.15) is 23.0 Å². The molecule has 3 rings (SSSR count). The number of fused-ring (bicyclic) bond motifs is 1. The van der Waals surface area contributed by atoms with Crippen LogP contribution in [0.3, 0.4) is 0 Å². The fourth-order valence-corrected chi connectivity index (χ4v) is 3.05. The lowest BCUT2D eigenvalue weighted by molar-refractivity contribution is -0.118. The van der Waals surface area contributed by atoms with Crippen LogP contribution in [0, 0.1) is 0 Å². The Morgan fingerprint density at radius 2 is 2.04 bits per heavy atom. The molecule has 128 valence electrons. The number of aromatic hydroxyl groups is 1. The zero-order chi connectivity index (χ0) is 17.5. The van der Waals surface area contributed by atoms with E-state index in [1.54, 1.807) is 0 Å². The lowest BCUT2D eigenvalue weighted by Gasteiger charge is -2.38. The third kappa shape index (κ3) is 2.50. The van der Waals surface area contributed by atoms with Gasteiger partial charge in [0.2, 0.25) is 5.75 Å². The monoisotopic (exact) mass is 334 g/mol. The van der Waals surface area contributed by atoms with Gasteiger partial charge in [-0.15, -0.1) is 0 Å². The van der Waals surface area contributed by atoms with Crippen molar-refractivity contribution in [1.82, 2.24) is 0 Å². The van der Waals surface area contributed by atoms with Crippen molar-refractivity contribution in [1.29, 1.82) is 0 Å². The standard InChI is InChI=1S/C17H18O7/c1-22-12-8-11-14(15(20)16(12)23-2)10(19)7-13(24-11)17(21)5-3-9(18)4-6-17/h3,5,8,13,20-21H,4,6-7H2,1-2H3/t13?,17-/m0/s1. The minimum Gasteiger partial charge on any atom is -0.504 e. The highest BCUT2D eigenvalue weighted by atomic mass is 16.5. The smallest absolute Gasteiger partial charge is 0.204 e. The van der Waals surface area contributed by atoms with Crippen LogP contribution in [0.15, 0.2) is 18.2 Å². The Morgan fingerprint density at radius 1 is 1.29 bits per heavy atom. The van der Waals surface area contributed by atoms with E-state index in [4.69, 9.17) is 14.2 Å². The average Bonchev–Trinajstić information content (AvgIpc) is 2.56. The van der Waals surface area contributed by atoms with Gasteiger partial charge in [-0.3, -0.25) is 9.59 Å². The summed E-state index contributed by atoms with van der Waals surface area (Å²) in [6.07, 6.45) is 2.08. The molecule has 7 nitrogen and oxygen atoms in total. The summed E-state index contributed by atoms with van der Waals surface area (Å²) in [6, 6.07) is 1.44. The molecule has 2 atom stereocenters. The molecule has 0 saturated carbocycles. The summed E-state index contributed by atoms with van der Waals surface area (Å²) in [5, 5.41) is 21.0. The highest BCUT2D eigenvalue weighted by Crippen LogP contribution is 2.48. The van der Waals surface area contributed by atoms with Gasteiger partial charge in [0.25, 0.3) is 0 Å². The van der Waals surface area contributed by atoms with Gasteiger partial charge in [-0.1, -0.05) is 0 Å². The maximum absolute atomic E-state index is 12.5. The Labute approximate surface area is 138 Å². The number of methoxy groups -OCH3 is 2. The Bertz CT molecular complexity index is 737. The van der Waals surface area contributed by atoms with E-state index in [1.807, 2.05) is 0 Å². The Balaban J connectivity index is 2.02. The van der Waals surface area contributed by atoms with E-state index in [1.165, 1.54) is 32.4 Å². The molecular formula is C17H18O7. The zero-order valence-corrected chi connectivity index (χ0v) is 13.4. The number of rotatable bonds is 3. The summed E-state index contributed by atoms with van der Waals surface area (Å²) in [5.74, 6) is -0.427. The molecule has 1 aliphatic carbocycles. The van der Waals surface area contributed by atoms with Crippen LogP contribution in [-0.2, 0) is 4.79 Å². The number of ketones is 2. The van der Waals surface area contributed by atoms with Crippen LogP contribution in [0.2, 0.25) is 0 Å². The first-order valence-corrected chi connectivity index (χ1v) is 7.52. The van der Waals surface area contributed by atoms with Crippen LogP contribution < -0.4 is 14.2 Å². The molecule has 1 aliphatic heterocycles. The molecule has 1 unspecified atom stereocenters. The van der Waals surface area contributed by atoms with Crippen LogP contribution in [0.5, 0.6) is 23.0 Å². The fraction of sp³-hybridized carbons (Fsp3) is 0.412. The molecule has 2 N–H and O–H groups in total. The Kier molecular flexibility index (Phi) is 3.96. The first-order valence-electron chi connectivity index (χ1n) is 7.52. The second-order valence-electron chi connectivity index (χ2n) is 5.86. The van der Waals surface area contributed by atoms with Gasteiger partial charge in [-0.25, -0.2) is 0 Å². The van der Waals surface area contributed by atoms with Crippen LogP contribution in [-0.4, -0.2) is 47.7 Å². The summed E-state index contributed by atoms with van der Waals surface area (Å²) in [5.41, 5.74) is -1.41. The number of benzene rings is 1. The minimum absolute atomic E-state index is 0.00312. The van der Waals surface area contributed by atoms with Gasteiger partial charge in [0, 0.05) is 12.5 Å². The zero-order valence-electron chi connectivity index (χ0n) is 13.4. The maximum atomic E-state index is 12.5. The highest BCUT2D eigenvalue weighted by Gasteiger charge is 2.44. The summed E-state index contributed by atoms with van der Waals surface area (Å²) >= 11 is 0. The molecule has 1 aromatic rings. The largest absolute Gasteiger partial charge is 0.504 e. The Hall–Kier alpha value is -2.54. The number of phenols is 1. The average molecular weight is 334 g/mol. The van der Waals surface area contributed by atoms with Gasteiger partial charge >= 0.3 is 0 Å². The molecule has 0 spiro atoms. The van der Waals surface area contributed by atoms with Gasteiger partial charge in [-0.2, -0.15) is 0 Å². The first-order chi connectivity index (χ1) is 11.4. The summed E-state index contributed by atoms with van der Waals surface area (Å²) in [7, 11) is 2.75. The quantitative estimate of drug-likeness (QED) is 0.861. The van der Waals surface area contributed by atoms with E-state index in [-0.39, 0.29) is 59.4 Å². The van der Waals surface area contributed by atoms with Gasteiger partial charge in [0.05, 0.1) is 20.6 Å². The number of aliphatic hydroxyl groups is 1. The summed E-state index contributed by atoms with van der Waals surface area (Å²) in [4.78, 5) is 23.8. The molecule has 0 amide bonds. The molecule has 1 aromatic carbocycles. The van der Waals surface area contributed by atoms with Crippen LogP contribution in [0.25, 0.3) is 0 Å².